The summed E-state index contributed by atoms with van der Waals surface area (Å²) in [7, 11) is 2.00. The molecule has 0 amide bonds. The number of cyclic esters (lactones) is 1. The van der Waals surface area contributed by atoms with Gasteiger partial charge >= 0.3 is 5.97 Å². The number of hydrogen-bond donors (Lipinski definition) is 0. The first-order valence-corrected chi connectivity index (χ1v) is 12.2. The minimum atomic E-state index is -1.31. The molecule has 1 saturated carbocycles. The fourth-order valence-electron chi connectivity index (χ4n) is 7.63. The van der Waals surface area contributed by atoms with Crippen LogP contribution in [0.1, 0.15) is 53.6 Å². The molecule has 5 nitrogen and oxygen atoms in total. The highest BCUT2D eigenvalue weighted by Gasteiger charge is 2.81. The number of ether oxygens (including phenoxy) is 1. The van der Waals surface area contributed by atoms with Crippen LogP contribution >= 0.6 is 0 Å². The highest BCUT2D eigenvalue weighted by Crippen LogP contribution is 2.67. The lowest BCUT2D eigenvalue weighted by Crippen LogP contribution is -2.64. The number of likely N-dealkylation sites (tertiary alicyclic amines) is 1. The lowest BCUT2D eigenvalue weighted by Gasteiger charge is -2.46. The van der Waals surface area contributed by atoms with E-state index in [4.69, 9.17) is 9.73 Å². The predicted molar refractivity (Wildman–Crippen MR) is 130 cm³/mol. The number of nitrogens with zero attached hydrogens (tertiary/aromatic N) is 2. The van der Waals surface area contributed by atoms with Gasteiger partial charge in [-0.3, -0.25) is 9.69 Å². The van der Waals surface area contributed by atoms with E-state index in [-0.39, 0.29) is 11.8 Å². The second-order valence-corrected chi connectivity index (χ2v) is 10.3. The van der Waals surface area contributed by atoms with Gasteiger partial charge in [0, 0.05) is 23.1 Å². The first-order valence-electron chi connectivity index (χ1n) is 12.2. The number of Topliss-reactive ketones (excluding diaryl/α,β-unsaturated/α-hetero) is 1. The molecule has 2 heterocycles. The molecule has 170 valence electrons. The predicted octanol–water partition coefficient (Wildman–Crippen LogP) is 4.87. The fourth-order valence-corrected chi connectivity index (χ4v) is 7.63. The average molecular weight is 451 g/mol. The van der Waals surface area contributed by atoms with E-state index >= 15 is 0 Å². The minimum absolute atomic E-state index is 0.0285. The van der Waals surface area contributed by atoms with Crippen molar-refractivity contribution in [3.63, 3.8) is 0 Å². The van der Waals surface area contributed by atoms with Crippen LogP contribution in [0, 0.1) is 5.41 Å². The molecule has 3 aromatic carbocycles. The number of carbonyl (C=O) groups excluding carboxylic acids is 2. The molecule has 3 spiro atoms. The van der Waals surface area contributed by atoms with E-state index < -0.39 is 16.5 Å². The number of benzene rings is 3. The average Bonchev–Trinajstić information content (AvgIpc) is 3.42. The van der Waals surface area contributed by atoms with Crippen molar-refractivity contribution in [3.05, 3.63) is 83.4 Å². The second kappa shape index (κ2) is 6.63. The zero-order valence-corrected chi connectivity index (χ0v) is 19.2. The maximum Gasteiger partial charge on any atom is 0.344 e. The van der Waals surface area contributed by atoms with Crippen LogP contribution in [0.4, 0.5) is 0 Å². The van der Waals surface area contributed by atoms with Gasteiger partial charge in [0.25, 0.3) is 0 Å². The summed E-state index contributed by atoms with van der Waals surface area (Å²) in [5, 5.41) is 1.97. The molecule has 0 bridgehead atoms. The Bertz CT molecular complexity index is 1400. The van der Waals surface area contributed by atoms with Gasteiger partial charge in [0.2, 0.25) is 5.90 Å². The third-order valence-electron chi connectivity index (χ3n) is 8.86. The molecule has 3 aromatic rings. The van der Waals surface area contributed by atoms with Gasteiger partial charge in [0.15, 0.2) is 11.3 Å². The molecule has 2 aliphatic carbocycles. The summed E-state index contributed by atoms with van der Waals surface area (Å²) in [6.07, 6.45) is 4.92. The van der Waals surface area contributed by atoms with Gasteiger partial charge in [0.05, 0.1) is 0 Å². The Morgan fingerprint density at radius 3 is 2.38 bits per heavy atom. The number of likely N-dealkylation sites (N-methyl/N-ethyl adjacent to an activating group) is 1. The zero-order chi connectivity index (χ0) is 23.1. The standard InChI is InChI=1S/C29H26N2O3/c1-31-18-27(16-6-3-7-17-27)29(26(33)34-25(30-29)20-10-4-2-5-11-20)28(31)22-15-9-13-19-12-8-14-21(23(19)22)24(28)32/h2,4-5,8-15H,3,6-7,16-18H2,1H3/t28-,29-/m1/s1. The van der Waals surface area contributed by atoms with Gasteiger partial charge in [-0.2, -0.15) is 0 Å². The van der Waals surface area contributed by atoms with E-state index in [1.807, 2.05) is 73.8 Å². The van der Waals surface area contributed by atoms with Crippen LogP contribution in [0.2, 0.25) is 0 Å². The number of ketones is 1. The fraction of sp³-hybridized carbons (Fsp3) is 0.345. The van der Waals surface area contributed by atoms with Crippen LogP contribution in [-0.4, -0.2) is 41.7 Å². The van der Waals surface area contributed by atoms with Crippen LogP contribution in [0.5, 0.6) is 0 Å². The van der Waals surface area contributed by atoms with E-state index in [2.05, 4.69) is 4.90 Å². The van der Waals surface area contributed by atoms with Crippen molar-refractivity contribution >= 4 is 28.4 Å². The van der Waals surface area contributed by atoms with Crippen molar-refractivity contribution < 1.29 is 14.3 Å². The number of aliphatic imine (C=N–C) groups is 1. The van der Waals surface area contributed by atoms with E-state index in [9.17, 15) is 9.59 Å². The Labute approximate surface area is 198 Å². The Balaban J connectivity index is 1.58. The van der Waals surface area contributed by atoms with E-state index in [0.29, 0.717) is 18.0 Å². The molecular weight excluding hydrogens is 424 g/mol. The lowest BCUT2D eigenvalue weighted by atomic mass is 9.56. The van der Waals surface area contributed by atoms with Crippen molar-refractivity contribution in [2.24, 2.45) is 10.4 Å². The molecule has 0 aromatic heterocycles. The number of carbonyl (C=O) groups is 2. The molecule has 1 saturated heterocycles. The third-order valence-corrected chi connectivity index (χ3v) is 8.86. The number of hydrogen-bond acceptors (Lipinski definition) is 5. The molecule has 34 heavy (non-hydrogen) atoms. The summed E-state index contributed by atoms with van der Waals surface area (Å²) < 4.78 is 6.02. The Kier molecular flexibility index (Phi) is 3.92. The van der Waals surface area contributed by atoms with Crippen LogP contribution in [0.3, 0.4) is 0 Å². The first kappa shape index (κ1) is 20.1. The quantitative estimate of drug-likeness (QED) is 0.497. The first-order chi connectivity index (χ1) is 16.6. The molecule has 0 unspecified atom stereocenters. The van der Waals surface area contributed by atoms with Crippen molar-refractivity contribution in [1.29, 1.82) is 0 Å². The minimum Gasteiger partial charge on any atom is -0.405 e. The molecule has 4 aliphatic rings. The normalized spacial score (nSPS) is 29.5. The summed E-state index contributed by atoms with van der Waals surface area (Å²) in [6, 6.07) is 21.5. The highest BCUT2D eigenvalue weighted by molar-refractivity contribution is 6.24. The monoisotopic (exact) mass is 450 g/mol. The molecule has 7 rings (SSSR count). The van der Waals surface area contributed by atoms with Crippen LogP contribution < -0.4 is 0 Å². The summed E-state index contributed by atoms with van der Waals surface area (Å²) in [4.78, 5) is 36.2. The van der Waals surface area contributed by atoms with Gasteiger partial charge in [-0.1, -0.05) is 73.9 Å². The van der Waals surface area contributed by atoms with Crippen molar-refractivity contribution in [2.75, 3.05) is 13.6 Å². The molecule has 2 atom stereocenters. The number of esters is 1. The molecule has 5 heteroatoms. The zero-order valence-electron chi connectivity index (χ0n) is 19.2. The SMILES string of the molecule is CN1CC2(CCCCC2)[C@@]2(N=C(c3ccccc3)OC2=O)[C@@]12C(=O)c1cccc3cccc2c13. The summed E-state index contributed by atoms with van der Waals surface area (Å²) in [5.41, 5.74) is -0.627. The van der Waals surface area contributed by atoms with Gasteiger partial charge in [-0.25, -0.2) is 9.79 Å². The van der Waals surface area contributed by atoms with E-state index in [1.54, 1.807) is 0 Å². The molecule has 0 N–H and O–H groups in total. The van der Waals surface area contributed by atoms with Gasteiger partial charge < -0.3 is 4.74 Å². The summed E-state index contributed by atoms with van der Waals surface area (Å²) >= 11 is 0. The number of rotatable bonds is 1. The van der Waals surface area contributed by atoms with Crippen molar-refractivity contribution in [3.8, 4) is 0 Å². The van der Waals surface area contributed by atoms with Crippen LogP contribution in [0.15, 0.2) is 71.7 Å². The van der Waals surface area contributed by atoms with Crippen molar-refractivity contribution in [2.45, 2.75) is 43.2 Å². The number of fused-ring (bicyclic) bond motifs is 3. The molecular formula is C29H26N2O3. The van der Waals surface area contributed by atoms with Crippen molar-refractivity contribution in [1.82, 2.24) is 4.90 Å². The van der Waals surface area contributed by atoms with E-state index in [1.165, 1.54) is 0 Å². The van der Waals surface area contributed by atoms with Gasteiger partial charge in [-0.15, -0.1) is 0 Å². The van der Waals surface area contributed by atoms with E-state index in [0.717, 1.165) is 54.0 Å². The van der Waals surface area contributed by atoms with Gasteiger partial charge in [0.1, 0.15) is 5.54 Å². The topological polar surface area (TPSA) is 59.0 Å². The van der Waals surface area contributed by atoms with Crippen LogP contribution in [-0.2, 0) is 15.1 Å². The van der Waals surface area contributed by atoms with Crippen LogP contribution in [0.25, 0.3) is 10.8 Å². The molecule has 0 radical (unpaired) electrons. The maximum atomic E-state index is 14.6. The summed E-state index contributed by atoms with van der Waals surface area (Å²) in [5.74, 6) is -0.0730. The highest BCUT2D eigenvalue weighted by atomic mass is 16.6. The lowest BCUT2D eigenvalue weighted by molar-refractivity contribution is -0.146. The summed E-state index contributed by atoms with van der Waals surface area (Å²) in [6.45, 7) is 0.643. The third kappa shape index (κ3) is 2.09. The van der Waals surface area contributed by atoms with Gasteiger partial charge in [-0.05, 0) is 48.4 Å². The molecule has 2 fully saturated rings. The smallest absolute Gasteiger partial charge is 0.344 e. The molecule has 2 aliphatic heterocycles. The second-order valence-electron chi connectivity index (χ2n) is 10.3. The Hall–Kier alpha value is -3.31. The maximum absolute atomic E-state index is 14.6. The largest absolute Gasteiger partial charge is 0.405 e. The Morgan fingerprint density at radius 1 is 0.882 bits per heavy atom. The Morgan fingerprint density at radius 2 is 1.62 bits per heavy atom.